The number of ether oxygens (including phenoxy) is 1. The fourth-order valence-electron chi connectivity index (χ4n) is 3.20. The van der Waals surface area contributed by atoms with Gasteiger partial charge in [0, 0.05) is 12.6 Å². The molecule has 24 heavy (non-hydrogen) atoms. The van der Waals surface area contributed by atoms with E-state index in [0.717, 1.165) is 19.5 Å². The predicted octanol–water partition coefficient (Wildman–Crippen LogP) is 3.39. The number of methoxy groups -OCH3 is 1. The molecule has 1 N–H and O–H groups in total. The summed E-state index contributed by atoms with van der Waals surface area (Å²) in [4.78, 5) is 2.75. The minimum Gasteiger partial charge on any atom is -0.496 e. The second-order valence-electron chi connectivity index (χ2n) is 6.14. The number of rotatable bonds is 8. The van der Waals surface area contributed by atoms with Crippen molar-refractivity contribution in [3.8, 4) is 5.75 Å². The zero-order chi connectivity index (χ0) is 17.6. The summed E-state index contributed by atoms with van der Waals surface area (Å²) in [5.41, 5.74) is 0. The van der Waals surface area contributed by atoms with E-state index in [1.807, 2.05) is 0 Å². The summed E-state index contributed by atoms with van der Waals surface area (Å²) >= 11 is 3.32. The first kappa shape index (κ1) is 19.7. The number of piperidine rings is 1. The van der Waals surface area contributed by atoms with Crippen LogP contribution in [0.3, 0.4) is 0 Å². The molecule has 136 valence electrons. The highest BCUT2D eigenvalue weighted by atomic mass is 79.9. The maximum Gasteiger partial charge on any atom is 0.240 e. The van der Waals surface area contributed by atoms with Crippen molar-refractivity contribution in [1.29, 1.82) is 0 Å². The Morgan fingerprint density at radius 2 is 2.17 bits per heavy atom. The number of halogens is 1. The molecule has 0 saturated carbocycles. The number of nitrogens with one attached hydrogen (secondary N) is 1. The van der Waals surface area contributed by atoms with Gasteiger partial charge in [-0.05, 0) is 72.9 Å². The molecule has 1 aliphatic heterocycles. The lowest BCUT2D eigenvalue weighted by atomic mass is 10.00. The topological polar surface area (TPSA) is 58.6 Å². The zero-order valence-corrected chi connectivity index (χ0v) is 16.8. The van der Waals surface area contributed by atoms with E-state index in [-0.39, 0.29) is 4.90 Å². The summed E-state index contributed by atoms with van der Waals surface area (Å²) in [5, 5.41) is 0. The Kier molecular flexibility index (Phi) is 7.53. The molecule has 2 rings (SSSR count). The van der Waals surface area contributed by atoms with E-state index in [0.29, 0.717) is 22.8 Å². The first-order valence-corrected chi connectivity index (χ1v) is 10.8. The lowest BCUT2D eigenvalue weighted by Gasteiger charge is -2.35. The van der Waals surface area contributed by atoms with Crippen molar-refractivity contribution >= 4 is 26.0 Å². The van der Waals surface area contributed by atoms with Gasteiger partial charge in [-0.2, -0.15) is 0 Å². The third-order valence-electron chi connectivity index (χ3n) is 4.57. The maximum atomic E-state index is 12.4. The van der Waals surface area contributed by atoms with Gasteiger partial charge in [-0.3, -0.25) is 0 Å². The average Bonchev–Trinajstić information content (AvgIpc) is 2.59. The van der Waals surface area contributed by atoms with Crippen LogP contribution in [0.15, 0.2) is 27.6 Å². The quantitative estimate of drug-likeness (QED) is 0.657. The minimum atomic E-state index is -3.48. The van der Waals surface area contributed by atoms with Gasteiger partial charge in [0.15, 0.2) is 0 Å². The Morgan fingerprint density at radius 1 is 1.38 bits per heavy atom. The van der Waals surface area contributed by atoms with Crippen molar-refractivity contribution in [3.05, 3.63) is 22.7 Å². The van der Waals surface area contributed by atoms with Crippen LogP contribution in [0, 0.1) is 0 Å². The molecular weight excluding hydrogens is 392 g/mol. The number of likely N-dealkylation sites (tertiary alicyclic amines) is 1. The molecule has 5 nitrogen and oxygen atoms in total. The van der Waals surface area contributed by atoms with Gasteiger partial charge < -0.3 is 9.64 Å². The fraction of sp³-hybridized carbons (Fsp3) is 0.647. The molecule has 1 heterocycles. The van der Waals surface area contributed by atoms with Crippen molar-refractivity contribution in [2.24, 2.45) is 0 Å². The molecule has 1 aromatic carbocycles. The Hall–Kier alpha value is -0.630. The first-order valence-electron chi connectivity index (χ1n) is 8.55. The Morgan fingerprint density at radius 3 is 2.83 bits per heavy atom. The molecule has 1 aromatic rings. The lowest BCUT2D eigenvalue weighted by molar-refractivity contribution is 0.143. The smallest absolute Gasteiger partial charge is 0.240 e. The largest absolute Gasteiger partial charge is 0.496 e. The summed E-state index contributed by atoms with van der Waals surface area (Å²) in [7, 11) is -1.93. The van der Waals surface area contributed by atoms with Crippen LogP contribution in [-0.2, 0) is 10.0 Å². The molecule has 1 aliphatic rings. The maximum absolute atomic E-state index is 12.4. The van der Waals surface area contributed by atoms with Crippen LogP contribution in [0.1, 0.15) is 39.0 Å². The monoisotopic (exact) mass is 418 g/mol. The zero-order valence-electron chi connectivity index (χ0n) is 14.4. The highest BCUT2D eigenvalue weighted by Gasteiger charge is 2.20. The molecule has 1 saturated heterocycles. The molecule has 7 heteroatoms. The van der Waals surface area contributed by atoms with E-state index >= 15 is 0 Å². The van der Waals surface area contributed by atoms with Crippen molar-refractivity contribution in [2.75, 3.05) is 26.7 Å². The highest BCUT2D eigenvalue weighted by molar-refractivity contribution is 9.10. The van der Waals surface area contributed by atoms with E-state index in [4.69, 9.17) is 4.74 Å². The molecule has 1 unspecified atom stereocenters. The van der Waals surface area contributed by atoms with Crippen LogP contribution in [0.4, 0.5) is 0 Å². The molecule has 0 radical (unpaired) electrons. The number of nitrogens with zero attached hydrogens (tertiary/aromatic N) is 1. The molecule has 0 bridgehead atoms. The lowest BCUT2D eigenvalue weighted by Crippen LogP contribution is -2.40. The summed E-state index contributed by atoms with van der Waals surface area (Å²) in [6.07, 6.45) is 5.83. The Labute approximate surface area is 153 Å². The SMILES string of the molecule is CCC1CCCCN1CCCNS(=O)(=O)c1ccc(OC)c(Br)c1. The standard InChI is InChI=1S/C17H27BrN2O3S/c1-3-14-7-4-5-11-20(14)12-6-10-19-24(21,22)15-8-9-17(23-2)16(18)13-15/h8-9,13-14,19H,3-7,10-12H2,1-2H3. The van der Waals surface area contributed by atoms with E-state index < -0.39 is 10.0 Å². The van der Waals surface area contributed by atoms with Gasteiger partial charge in [0.05, 0.1) is 16.5 Å². The number of sulfonamides is 1. The van der Waals surface area contributed by atoms with Crippen LogP contribution >= 0.6 is 15.9 Å². The van der Waals surface area contributed by atoms with E-state index in [9.17, 15) is 8.42 Å². The molecule has 0 amide bonds. The van der Waals surface area contributed by atoms with Crippen LogP contribution in [0.5, 0.6) is 5.75 Å². The minimum absolute atomic E-state index is 0.250. The average molecular weight is 419 g/mol. The molecule has 0 spiro atoms. The van der Waals surface area contributed by atoms with Crippen LogP contribution in [0.2, 0.25) is 0 Å². The van der Waals surface area contributed by atoms with Gasteiger partial charge in [0.2, 0.25) is 10.0 Å². The van der Waals surface area contributed by atoms with Gasteiger partial charge in [0.1, 0.15) is 5.75 Å². The van der Waals surface area contributed by atoms with E-state index in [1.165, 1.54) is 25.7 Å². The summed E-state index contributed by atoms with van der Waals surface area (Å²) in [6.45, 7) is 4.77. The van der Waals surface area contributed by atoms with Crippen molar-refractivity contribution in [1.82, 2.24) is 9.62 Å². The fourth-order valence-corrected chi connectivity index (χ4v) is 5.00. The summed E-state index contributed by atoms with van der Waals surface area (Å²) in [5.74, 6) is 0.615. The van der Waals surface area contributed by atoms with Crippen molar-refractivity contribution in [2.45, 2.75) is 50.0 Å². The molecule has 1 atom stereocenters. The van der Waals surface area contributed by atoms with Gasteiger partial charge >= 0.3 is 0 Å². The third kappa shape index (κ3) is 5.18. The highest BCUT2D eigenvalue weighted by Crippen LogP contribution is 2.27. The van der Waals surface area contributed by atoms with Gasteiger partial charge in [-0.25, -0.2) is 13.1 Å². The number of hydrogen-bond donors (Lipinski definition) is 1. The predicted molar refractivity (Wildman–Crippen MR) is 100 cm³/mol. The van der Waals surface area contributed by atoms with E-state index in [2.05, 4.69) is 32.5 Å². The van der Waals surface area contributed by atoms with E-state index in [1.54, 1.807) is 25.3 Å². The summed E-state index contributed by atoms with van der Waals surface area (Å²) < 4.78 is 33.2. The van der Waals surface area contributed by atoms with Gasteiger partial charge in [-0.1, -0.05) is 13.3 Å². The third-order valence-corrected chi connectivity index (χ3v) is 6.65. The normalized spacial score (nSPS) is 19.4. The molecule has 0 aromatic heterocycles. The van der Waals surface area contributed by atoms with Gasteiger partial charge in [-0.15, -0.1) is 0 Å². The Bertz CT molecular complexity index is 637. The van der Waals surface area contributed by atoms with Crippen molar-refractivity contribution in [3.63, 3.8) is 0 Å². The van der Waals surface area contributed by atoms with Crippen LogP contribution in [0.25, 0.3) is 0 Å². The first-order chi connectivity index (χ1) is 11.5. The summed E-state index contributed by atoms with van der Waals surface area (Å²) in [6, 6.07) is 5.44. The number of benzene rings is 1. The van der Waals surface area contributed by atoms with Crippen LogP contribution in [-0.4, -0.2) is 46.1 Å². The second-order valence-corrected chi connectivity index (χ2v) is 8.76. The second kappa shape index (κ2) is 9.17. The molecule has 1 fully saturated rings. The molecular formula is C17H27BrN2O3S. The Balaban J connectivity index is 1.85. The van der Waals surface area contributed by atoms with Gasteiger partial charge in [0.25, 0.3) is 0 Å². The number of hydrogen-bond acceptors (Lipinski definition) is 4. The van der Waals surface area contributed by atoms with Crippen LogP contribution < -0.4 is 9.46 Å². The molecule has 0 aliphatic carbocycles. The van der Waals surface area contributed by atoms with Crippen molar-refractivity contribution < 1.29 is 13.2 Å².